The average molecular weight is 235 g/mol. The zero-order chi connectivity index (χ0) is 12.3. The van der Waals surface area contributed by atoms with Crippen LogP contribution in [0.25, 0.3) is 0 Å². The van der Waals surface area contributed by atoms with Gasteiger partial charge in [-0.25, -0.2) is 4.98 Å². The van der Waals surface area contributed by atoms with Crippen molar-refractivity contribution in [2.75, 3.05) is 31.1 Å². The quantitative estimate of drug-likeness (QED) is 0.825. The van der Waals surface area contributed by atoms with Gasteiger partial charge in [0.15, 0.2) is 0 Å². The van der Waals surface area contributed by atoms with E-state index in [0.29, 0.717) is 12.6 Å². The SMILES string of the molecule is CC(C)N1CCN(c2cncc(CN)n2)CC1. The number of aromatic nitrogens is 2. The van der Waals surface area contributed by atoms with E-state index in [2.05, 4.69) is 33.6 Å². The maximum Gasteiger partial charge on any atom is 0.147 e. The molecule has 1 fully saturated rings. The summed E-state index contributed by atoms with van der Waals surface area (Å²) in [5, 5.41) is 0. The van der Waals surface area contributed by atoms with Crippen molar-refractivity contribution in [2.24, 2.45) is 5.73 Å². The van der Waals surface area contributed by atoms with Crippen molar-refractivity contribution >= 4 is 5.82 Å². The van der Waals surface area contributed by atoms with E-state index in [1.54, 1.807) is 6.20 Å². The normalized spacial score (nSPS) is 17.8. The van der Waals surface area contributed by atoms with Gasteiger partial charge in [-0.2, -0.15) is 0 Å². The minimum atomic E-state index is 0.451. The zero-order valence-electron chi connectivity index (χ0n) is 10.6. The van der Waals surface area contributed by atoms with Crippen molar-refractivity contribution < 1.29 is 0 Å². The molecule has 5 heteroatoms. The van der Waals surface area contributed by atoms with E-state index in [1.807, 2.05) is 6.20 Å². The van der Waals surface area contributed by atoms with Crippen LogP contribution in [0, 0.1) is 0 Å². The van der Waals surface area contributed by atoms with E-state index in [9.17, 15) is 0 Å². The number of nitrogens with two attached hydrogens (primary N) is 1. The van der Waals surface area contributed by atoms with Crippen LogP contribution in [0.15, 0.2) is 12.4 Å². The molecule has 0 aliphatic carbocycles. The predicted octanol–water partition coefficient (Wildman–Crippen LogP) is 0.466. The molecule has 0 atom stereocenters. The lowest BCUT2D eigenvalue weighted by atomic mass is 10.2. The summed E-state index contributed by atoms with van der Waals surface area (Å²) < 4.78 is 0. The van der Waals surface area contributed by atoms with Crippen molar-refractivity contribution in [3.8, 4) is 0 Å². The number of rotatable bonds is 3. The van der Waals surface area contributed by atoms with Gasteiger partial charge in [-0.05, 0) is 13.8 Å². The highest BCUT2D eigenvalue weighted by Gasteiger charge is 2.19. The summed E-state index contributed by atoms with van der Waals surface area (Å²) in [6.07, 6.45) is 3.55. The van der Waals surface area contributed by atoms with Gasteiger partial charge in [-0.1, -0.05) is 0 Å². The fourth-order valence-electron chi connectivity index (χ4n) is 2.11. The molecule has 17 heavy (non-hydrogen) atoms. The van der Waals surface area contributed by atoms with Gasteiger partial charge < -0.3 is 10.6 Å². The first-order valence-corrected chi connectivity index (χ1v) is 6.20. The maximum absolute atomic E-state index is 5.58. The molecule has 2 rings (SSSR count). The second-order valence-electron chi connectivity index (χ2n) is 4.69. The Kier molecular flexibility index (Phi) is 3.91. The highest BCUT2D eigenvalue weighted by atomic mass is 15.3. The Labute approximate surface area is 103 Å². The molecule has 0 aromatic carbocycles. The first kappa shape index (κ1) is 12.3. The van der Waals surface area contributed by atoms with Crippen LogP contribution in [-0.4, -0.2) is 47.1 Å². The molecule has 0 spiro atoms. The Morgan fingerprint density at radius 2 is 1.94 bits per heavy atom. The van der Waals surface area contributed by atoms with Gasteiger partial charge >= 0.3 is 0 Å². The molecule has 2 heterocycles. The molecule has 1 aliphatic heterocycles. The minimum absolute atomic E-state index is 0.451. The van der Waals surface area contributed by atoms with Gasteiger partial charge in [0, 0.05) is 45.0 Å². The molecule has 0 radical (unpaired) electrons. The molecule has 5 nitrogen and oxygen atoms in total. The van der Waals surface area contributed by atoms with Crippen LogP contribution in [0.4, 0.5) is 5.82 Å². The summed E-state index contributed by atoms with van der Waals surface area (Å²) in [7, 11) is 0. The third kappa shape index (κ3) is 2.92. The van der Waals surface area contributed by atoms with Crippen molar-refractivity contribution in [2.45, 2.75) is 26.4 Å². The minimum Gasteiger partial charge on any atom is -0.353 e. The molecule has 1 aromatic heterocycles. The van der Waals surface area contributed by atoms with E-state index >= 15 is 0 Å². The highest BCUT2D eigenvalue weighted by Crippen LogP contribution is 2.13. The second kappa shape index (κ2) is 5.42. The third-order valence-corrected chi connectivity index (χ3v) is 3.25. The summed E-state index contributed by atoms with van der Waals surface area (Å²) in [6.45, 7) is 9.14. The average Bonchev–Trinajstić information content (AvgIpc) is 2.39. The monoisotopic (exact) mass is 235 g/mol. The number of anilines is 1. The summed E-state index contributed by atoms with van der Waals surface area (Å²) >= 11 is 0. The Hall–Kier alpha value is -1.20. The molecule has 2 N–H and O–H groups in total. The van der Waals surface area contributed by atoms with Gasteiger partial charge in [0.25, 0.3) is 0 Å². The lowest BCUT2D eigenvalue weighted by Gasteiger charge is -2.37. The van der Waals surface area contributed by atoms with Crippen LogP contribution in [0.3, 0.4) is 0 Å². The molecular weight excluding hydrogens is 214 g/mol. The molecule has 0 amide bonds. The lowest BCUT2D eigenvalue weighted by Crippen LogP contribution is -2.49. The van der Waals surface area contributed by atoms with E-state index in [4.69, 9.17) is 5.73 Å². The van der Waals surface area contributed by atoms with Gasteiger partial charge in [0.1, 0.15) is 5.82 Å². The third-order valence-electron chi connectivity index (χ3n) is 3.25. The second-order valence-corrected chi connectivity index (χ2v) is 4.69. The van der Waals surface area contributed by atoms with Crippen molar-refractivity contribution in [1.29, 1.82) is 0 Å². The molecule has 0 saturated carbocycles. The van der Waals surface area contributed by atoms with Crippen molar-refractivity contribution in [1.82, 2.24) is 14.9 Å². The molecular formula is C12H21N5. The fraction of sp³-hybridized carbons (Fsp3) is 0.667. The maximum atomic E-state index is 5.58. The van der Waals surface area contributed by atoms with Crippen LogP contribution >= 0.6 is 0 Å². The Bertz CT molecular complexity index is 358. The molecule has 0 bridgehead atoms. The molecule has 1 aromatic rings. The topological polar surface area (TPSA) is 58.3 Å². The van der Waals surface area contributed by atoms with Crippen LogP contribution in [0.1, 0.15) is 19.5 Å². The van der Waals surface area contributed by atoms with Crippen LogP contribution in [-0.2, 0) is 6.54 Å². The largest absolute Gasteiger partial charge is 0.353 e. The van der Waals surface area contributed by atoms with Crippen LogP contribution in [0.2, 0.25) is 0 Å². The van der Waals surface area contributed by atoms with E-state index in [0.717, 1.165) is 37.7 Å². The van der Waals surface area contributed by atoms with Crippen molar-refractivity contribution in [3.05, 3.63) is 18.1 Å². The van der Waals surface area contributed by atoms with Gasteiger partial charge in [0.2, 0.25) is 0 Å². The van der Waals surface area contributed by atoms with E-state index in [1.165, 1.54) is 0 Å². The Balaban J connectivity index is 2.00. The molecule has 0 unspecified atom stereocenters. The first-order valence-electron chi connectivity index (χ1n) is 6.20. The van der Waals surface area contributed by atoms with Crippen molar-refractivity contribution in [3.63, 3.8) is 0 Å². The fourth-order valence-corrected chi connectivity index (χ4v) is 2.11. The van der Waals surface area contributed by atoms with Crippen LogP contribution < -0.4 is 10.6 Å². The summed E-state index contributed by atoms with van der Waals surface area (Å²) in [5.41, 5.74) is 6.44. The number of hydrogen-bond donors (Lipinski definition) is 1. The van der Waals surface area contributed by atoms with Gasteiger partial charge in [-0.3, -0.25) is 9.88 Å². The van der Waals surface area contributed by atoms with Gasteiger partial charge in [-0.15, -0.1) is 0 Å². The Morgan fingerprint density at radius 3 is 2.53 bits per heavy atom. The molecule has 1 saturated heterocycles. The van der Waals surface area contributed by atoms with E-state index < -0.39 is 0 Å². The number of hydrogen-bond acceptors (Lipinski definition) is 5. The van der Waals surface area contributed by atoms with Gasteiger partial charge in [0.05, 0.1) is 11.9 Å². The molecule has 1 aliphatic rings. The van der Waals surface area contributed by atoms with E-state index in [-0.39, 0.29) is 0 Å². The number of nitrogens with zero attached hydrogens (tertiary/aromatic N) is 4. The zero-order valence-corrected chi connectivity index (χ0v) is 10.6. The number of piperazine rings is 1. The standard InChI is InChI=1S/C12H21N5/c1-10(2)16-3-5-17(6-4-16)12-9-14-8-11(7-13)15-12/h8-10H,3-7,13H2,1-2H3. The molecule has 94 valence electrons. The summed E-state index contributed by atoms with van der Waals surface area (Å²) in [5.74, 6) is 0.955. The highest BCUT2D eigenvalue weighted by molar-refractivity contribution is 5.37. The van der Waals surface area contributed by atoms with Crippen LogP contribution in [0.5, 0.6) is 0 Å². The predicted molar refractivity (Wildman–Crippen MR) is 68.8 cm³/mol. The Morgan fingerprint density at radius 1 is 1.24 bits per heavy atom. The first-order chi connectivity index (χ1) is 8.20. The summed E-state index contributed by atoms with van der Waals surface area (Å²) in [4.78, 5) is 13.5. The lowest BCUT2D eigenvalue weighted by molar-refractivity contribution is 0.209. The smallest absolute Gasteiger partial charge is 0.147 e. The summed E-state index contributed by atoms with van der Waals surface area (Å²) in [6, 6.07) is 0.624.